The summed E-state index contributed by atoms with van der Waals surface area (Å²) in [5.74, 6) is 5.91. The van der Waals surface area contributed by atoms with Gasteiger partial charge in [-0.2, -0.15) is 5.10 Å². The van der Waals surface area contributed by atoms with Crippen molar-refractivity contribution >= 4 is 5.71 Å². The van der Waals surface area contributed by atoms with Crippen molar-refractivity contribution in [3.63, 3.8) is 0 Å². The van der Waals surface area contributed by atoms with Crippen LogP contribution in [0.15, 0.2) is 11.3 Å². The van der Waals surface area contributed by atoms with E-state index in [2.05, 4.69) is 15.1 Å². The van der Waals surface area contributed by atoms with E-state index in [-0.39, 0.29) is 0 Å². The molecule has 1 aromatic heterocycles. The highest BCUT2D eigenvalue weighted by molar-refractivity contribution is 5.99. The molecule has 0 saturated carbocycles. The lowest BCUT2D eigenvalue weighted by molar-refractivity contribution is 1.00. The van der Waals surface area contributed by atoms with Crippen LogP contribution in [0.1, 0.15) is 24.0 Å². The van der Waals surface area contributed by atoms with Crippen molar-refractivity contribution in [1.29, 1.82) is 0 Å². The number of hydrazone groups is 1. The number of hydrogen-bond acceptors (Lipinski definition) is 4. The second-order valence-corrected chi connectivity index (χ2v) is 2.63. The fraction of sp³-hybridized carbons (Fsp3) is 0.375. The molecule has 0 aromatic carbocycles. The van der Waals surface area contributed by atoms with Gasteiger partial charge in [-0.25, -0.2) is 9.97 Å². The third kappa shape index (κ3) is 1.58. The van der Waals surface area contributed by atoms with E-state index in [1.54, 1.807) is 6.20 Å². The molecule has 0 saturated heterocycles. The van der Waals surface area contributed by atoms with E-state index in [9.17, 15) is 0 Å². The summed E-state index contributed by atoms with van der Waals surface area (Å²) in [5.41, 5.74) is 2.57. The fourth-order valence-corrected chi connectivity index (χ4v) is 1.01. The Morgan fingerprint density at radius 2 is 2.17 bits per heavy atom. The van der Waals surface area contributed by atoms with Crippen molar-refractivity contribution in [3.8, 4) is 0 Å². The molecule has 2 N–H and O–H groups in total. The molecule has 0 fully saturated rings. The molecule has 4 heteroatoms. The minimum atomic E-state index is 0.757. The summed E-state index contributed by atoms with van der Waals surface area (Å²) in [4.78, 5) is 8.26. The maximum Gasteiger partial charge on any atom is 0.125 e. The van der Waals surface area contributed by atoms with Crippen molar-refractivity contribution in [2.45, 2.75) is 20.8 Å². The van der Waals surface area contributed by atoms with Gasteiger partial charge in [0.25, 0.3) is 0 Å². The Bertz CT molecular complexity index is 317. The van der Waals surface area contributed by atoms with Crippen molar-refractivity contribution in [2.24, 2.45) is 10.9 Å². The molecule has 12 heavy (non-hydrogen) atoms. The number of aromatic nitrogens is 2. The van der Waals surface area contributed by atoms with Gasteiger partial charge < -0.3 is 5.84 Å². The Hall–Kier alpha value is -1.45. The average molecular weight is 164 g/mol. The van der Waals surface area contributed by atoms with E-state index >= 15 is 0 Å². The van der Waals surface area contributed by atoms with Crippen LogP contribution in [0.25, 0.3) is 0 Å². The van der Waals surface area contributed by atoms with E-state index in [1.165, 1.54) is 0 Å². The molecular formula is C8H12N4. The number of rotatable bonds is 1. The minimum absolute atomic E-state index is 0.757. The van der Waals surface area contributed by atoms with Crippen LogP contribution < -0.4 is 5.84 Å². The summed E-state index contributed by atoms with van der Waals surface area (Å²) in [6, 6.07) is 0. The van der Waals surface area contributed by atoms with E-state index in [1.807, 2.05) is 20.8 Å². The van der Waals surface area contributed by atoms with Crippen molar-refractivity contribution in [3.05, 3.63) is 23.3 Å². The Morgan fingerprint density at radius 3 is 2.67 bits per heavy atom. The largest absolute Gasteiger partial charge is 0.323 e. The highest BCUT2D eigenvalue weighted by Crippen LogP contribution is 2.04. The molecule has 0 radical (unpaired) electrons. The van der Waals surface area contributed by atoms with Crippen molar-refractivity contribution in [1.82, 2.24) is 9.97 Å². The molecule has 0 aliphatic rings. The smallest absolute Gasteiger partial charge is 0.125 e. The summed E-state index contributed by atoms with van der Waals surface area (Å²) in [6.07, 6.45) is 1.74. The highest BCUT2D eigenvalue weighted by Gasteiger charge is 2.03. The SMILES string of the molecule is C/C(=N\N)c1cnc(C)nc1C. The molecule has 64 valence electrons. The summed E-state index contributed by atoms with van der Waals surface area (Å²) in [5, 5.41) is 3.59. The molecule has 0 bridgehead atoms. The zero-order valence-corrected chi connectivity index (χ0v) is 7.50. The molecule has 0 amide bonds. The quantitative estimate of drug-likeness (QED) is 0.379. The average Bonchev–Trinajstić information content (AvgIpc) is 2.03. The van der Waals surface area contributed by atoms with Gasteiger partial charge in [-0.15, -0.1) is 0 Å². The first-order valence-electron chi connectivity index (χ1n) is 3.70. The Balaban J connectivity index is 3.18. The van der Waals surface area contributed by atoms with Gasteiger partial charge in [0.15, 0.2) is 0 Å². The van der Waals surface area contributed by atoms with Crippen LogP contribution in [0.3, 0.4) is 0 Å². The second-order valence-electron chi connectivity index (χ2n) is 2.63. The van der Waals surface area contributed by atoms with Gasteiger partial charge in [0, 0.05) is 11.8 Å². The summed E-state index contributed by atoms with van der Waals surface area (Å²) in [6.45, 7) is 5.60. The summed E-state index contributed by atoms with van der Waals surface area (Å²) in [7, 11) is 0. The summed E-state index contributed by atoms with van der Waals surface area (Å²) >= 11 is 0. The van der Waals surface area contributed by atoms with Crippen molar-refractivity contribution in [2.75, 3.05) is 0 Å². The normalized spacial score (nSPS) is 11.8. The molecule has 0 spiro atoms. The first-order valence-corrected chi connectivity index (χ1v) is 3.70. The van der Waals surface area contributed by atoms with Crippen LogP contribution in [0.2, 0.25) is 0 Å². The number of hydrogen-bond donors (Lipinski definition) is 1. The van der Waals surface area contributed by atoms with Crippen LogP contribution in [-0.2, 0) is 0 Å². The van der Waals surface area contributed by atoms with Crippen LogP contribution >= 0.6 is 0 Å². The Morgan fingerprint density at radius 1 is 1.50 bits per heavy atom. The minimum Gasteiger partial charge on any atom is -0.323 e. The van der Waals surface area contributed by atoms with E-state index in [0.717, 1.165) is 22.8 Å². The van der Waals surface area contributed by atoms with Gasteiger partial charge in [-0.05, 0) is 20.8 Å². The van der Waals surface area contributed by atoms with Gasteiger partial charge in [-0.1, -0.05) is 0 Å². The standard InChI is InChI=1S/C8H12N4/c1-5-8(6(2)12-9)4-10-7(3)11-5/h4H,9H2,1-3H3/b12-6+. The number of aryl methyl sites for hydroxylation is 2. The lowest BCUT2D eigenvalue weighted by Crippen LogP contribution is -2.05. The lowest BCUT2D eigenvalue weighted by atomic mass is 10.2. The number of nitrogens with zero attached hydrogens (tertiary/aromatic N) is 3. The topological polar surface area (TPSA) is 64.2 Å². The Labute approximate surface area is 71.5 Å². The third-order valence-corrected chi connectivity index (χ3v) is 1.68. The van der Waals surface area contributed by atoms with E-state index in [4.69, 9.17) is 5.84 Å². The van der Waals surface area contributed by atoms with Gasteiger partial charge in [0.1, 0.15) is 5.82 Å². The molecule has 1 aromatic rings. The molecule has 0 aliphatic carbocycles. The van der Waals surface area contributed by atoms with Gasteiger partial charge in [-0.3, -0.25) is 0 Å². The fourth-order valence-electron chi connectivity index (χ4n) is 1.01. The first kappa shape index (κ1) is 8.64. The zero-order chi connectivity index (χ0) is 9.14. The number of nitrogens with two attached hydrogens (primary N) is 1. The van der Waals surface area contributed by atoms with Gasteiger partial charge in [0.05, 0.1) is 11.4 Å². The van der Waals surface area contributed by atoms with Crippen LogP contribution in [0.5, 0.6) is 0 Å². The summed E-state index contributed by atoms with van der Waals surface area (Å²) < 4.78 is 0. The van der Waals surface area contributed by atoms with Crippen molar-refractivity contribution < 1.29 is 0 Å². The molecular weight excluding hydrogens is 152 g/mol. The lowest BCUT2D eigenvalue weighted by Gasteiger charge is -2.02. The Kier molecular flexibility index (Phi) is 2.38. The predicted molar refractivity (Wildman–Crippen MR) is 47.9 cm³/mol. The molecule has 4 nitrogen and oxygen atoms in total. The maximum absolute atomic E-state index is 5.14. The molecule has 0 unspecified atom stereocenters. The van der Waals surface area contributed by atoms with Gasteiger partial charge >= 0.3 is 0 Å². The third-order valence-electron chi connectivity index (χ3n) is 1.68. The van der Waals surface area contributed by atoms with Crippen LogP contribution in [0.4, 0.5) is 0 Å². The van der Waals surface area contributed by atoms with E-state index in [0.29, 0.717) is 0 Å². The van der Waals surface area contributed by atoms with Gasteiger partial charge in [0.2, 0.25) is 0 Å². The highest BCUT2D eigenvalue weighted by atomic mass is 15.1. The second kappa shape index (κ2) is 3.30. The van der Waals surface area contributed by atoms with Crippen LogP contribution in [0, 0.1) is 13.8 Å². The van der Waals surface area contributed by atoms with E-state index < -0.39 is 0 Å². The first-order chi connectivity index (χ1) is 5.65. The van der Waals surface area contributed by atoms with Crippen LogP contribution in [-0.4, -0.2) is 15.7 Å². The zero-order valence-electron chi connectivity index (χ0n) is 7.50. The molecule has 0 atom stereocenters. The molecule has 0 aliphatic heterocycles. The molecule has 1 rings (SSSR count). The monoisotopic (exact) mass is 164 g/mol. The molecule has 1 heterocycles. The predicted octanol–water partition coefficient (Wildman–Crippen LogP) is 0.776. The maximum atomic E-state index is 5.14.